The quantitative estimate of drug-likeness (QED) is 0.354. The van der Waals surface area contributed by atoms with E-state index in [0.717, 1.165) is 10.4 Å². The third-order valence-corrected chi connectivity index (χ3v) is 8.88. The number of carbonyl (C=O) groups is 1. The van der Waals surface area contributed by atoms with E-state index in [1.807, 2.05) is 36.1 Å². The number of rotatable bonds is 6. The summed E-state index contributed by atoms with van der Waals surface area (Å²) in [7, 11) is 1.61. The maximum Gasteiger partial charge on any atom is 0.267 e. The van der Waals surface area contributed by atoms with Crippen LogP contribution in [0.5, 0.6) is 5.75 Å². The van der Waals surface area contributed by atoms with Crippen LogP contribution in [0.3, 0.4) is 0 Å². The van der Waals surface area contributed by atoms with Crippen LogP contribution in [0.1, 0.15) is 31.2 Å². The van der Waals surface area contributed by atoms with Crippen molar-refractivity contribution in [2.75, 3.05) is 33.4 Å². The van der Waals surface area contributed by atoms with Crippen molar-refractivity contribution in [1.82, 2.24) is 14.5 Å². The smallest absolute Gasteiger partial charge is 0.267 e. The van der Waals surface area contributed by atoms with Crippen LogP contribution in [0, 0.1) is 5.92 Å². The van der Waals surface area contributed by atoms with E-state index >= 15 is 0 Å². The lowest BCUT2D eigenvalue weighted by atomic mass is 9.96. The fourth-order valence-electron chi connectivity index (χ4n) is 4.62. The van der Waals surface area contributed by atoms with Crippen LogP contribution >= 0.6 is 23.1 Å². The van der Waals surface area contributed by atoms with E-state index in [2.05, 4.69) is 13.8 Å². The summed E-state index contributed by atoms with van der Waals surface area (Å²) in [5, 5.41) is 0.767. The molecule has 1 saturated heterocycles. The van der Waals surface area contributed by atoms with Crippen LogP contribution < -0.4 is 10.3 Å². The molecule has 0 bridgehead atoms. The summed E-state index contributed by atoms with van der Waals surface area (Å²) in [5.74, 6) is 1.08. The van der Waals surface area contributed by atoms with Crippen LogP contribution in [-0.4, -0.2) is 65.1 Å². The molecule has 8 nitrogen and oxygen atoms in total. The highest BCUT2D eigenvalue weighted by Crippen LogP contribution is 2.37. The molecule has 1 amide bonds. The first-order valence-electron chi connectivity index (χ1n) is 12.2. The Morgan fingerprint density at radius 2 is 1.92 bits per heavy atom. The van der Waals surface area contributed by atoms with E-state index in [4.69, 9.17) is 19.2 Å². The molecular formula is C26H31N3O5S2. The number of nitrogens with zero attached hydrogens (tertiary/aromatic N) is 3. The van der Waals surface area contributed by atoms with Crippen LogP contribution in [-0.2, 0) is 27.3 Å². The number of aromatic nitrogens is 2. The fraction of sp³-hybridized carbons (Fsp3) is 0.500. The third kappa shape index (κ3) is 4.79. The summed E-state index contributed by atoms with van der Waals surface area (Å²) in [5.41, 5.74) is 1.63. The summed E-state index contributed by atoms with van der Waals surface area (Å²) in [6, 6.07) is 7.36. The molecule has 36 heavy (non-hydrogen) atoms. The van der Waals surface area contributed by atoms with Gasteiger partial charge in [0.1, 0.15) is 10.6 Å². The number of benzene rings is 1. The predicted molar refractivity (Wildman–Crippen MR) is 142 cm³/mol. The maximum atomic E-state index is 14.1. The van der Waals surface area contributed by atoms with Gasteiger partial charge in [-0.2, -0.15) is 0 Å². The molecule has 1 fully saturated rings. The maximum absolute atomic E-state index is 14.1. The second-order valence-corrected chi connectivity index (χ2v) is 11.8. The monoisotopic (exact) mass is 529 g/mol. The molecule has 0 spiro atoms. The van der Waals surface area contributed by atoms with Gasteiger partial charge in [0.05, 0.1) is 49.4 Å². The van der Waals surface area contributed by atoms with Crippen molar-refractivity contribution in [1.29, 1.82) is 0 Å². The zero-order valence-electron chi connectivity index (χ0n) is 21.0. The molecule has 0 aliphatic carbocycles. The van der Waals surface area contributed by atoms with Gasteiger partial charge in [0.25, 0.3) is 5.56 Å². The highest BCUT2D eigenvalue weighted by molar-refractivity contribution is 8.00. The molecule has 1 aromatic carbocycles. The van der Waals surface area contributed by atoms with E-state index in [1.54, 1.807) is 11.7 Å². The summed E-state index contributed by atoms with van der Waals surface area (Å²) in [4.78, 5) is 35.8. The fourth-order valence-corrected chi connectivity index (χ4v) is 6.80. The molecule has 2 aliphatic rings. The molecule has 2 aliphatic heterocycles. The zero-order valence-corrected chi connectivity index (χ0v) is 22.6. The van der Waals surface area contributed by atoms with Crippen molar-refractivity contribution in [3.05, 3.63) is 45.1 Å². The topological polar surface area (TPSA) is 82.9 Å². The molecule has 2 aromatic heterocycles. The SMILES string of the molecule is COc1ccc(-n2c(S[C@H](C)C(=O)N3CCOCC3)nc3sc4c(c3c2=O)C[C@H](C(C)C)OC4)cc1. The van der Waals surface area contributed by atoms with Gasteiger partial charge in [-0.3, -0.25) is 14.2 Å². The molecule has 192 valence electrons. The van der Waals surface area contributed by atoms with Crippen LogP contribution in [0.4, 0.5) is 0 Å². The second kappa shape index (κ2) is 10.5. The molecule has 10 heteroatoms. The Balaban J connectivity index is 1.60. The molecule has 3 aromatic rings. The van der Waals surface area contributed by atoms with Gasteiger partial charge in [0, 0.05) is 24.4 Å². The van der Waals surface area contributed by atoms with Crippen LogP contribution in [0.15, 0.2) is 34.2 Å². The summed E-state index contributed by atoms with van der Waals surface area (Å²) >= 11 is 2.84. The Labute approximate surface area is 218 Å². The molecule has 0 saturated carbocycles. The van der Waals surface area contributed by atoms with Gasteiger partial charge < -0.3 is 19.1 Å². The standard InChI is InChI=1S/C26H31N3O5S2/c1-15(2)20-13-19-21(14-34-20)36-23-22(19)25(31)29(17-5-7-18(32-4)8-6-17)26(27-23)35-16(3)24(30)28-9-11-33-12-10-28/h5-8,15-16,20H,9-14H2,1-4H3/t16-,20-/m1/s1. The Morgan fingerprint density at radius 3 is 2.58 bits per heavy atom. The van der Waals surface area contributed by atoms with Crippen molar-refractivity contribution in [2.45, 2.75) is 50.3 Å². The molecule has 2 atom stereocenters. The Morgan fingerprint density at radius 1 is 1.19 bits per heavy atom. The first-order valence-corrected chi connectivity index (χ1v) is 13.9. The number of thiophene rings is 1. The number of methoxy groups -OCH3 is 1. The van der Waals surface area contributed by atoms with Crippen LogP contribution in [0.25, 0.3) is 15.9 Å². The Kier molecular flexibility index (Phi) is 7.39. The summed E-state index contributed by atoms with van der Waals surface area (Å²) < 4.78 is 18.4. The van der Waals surface area contributed by atoms with Crippen molar-refractivity contribution in [2.24, 2.45) is 5.92 Å². The van der Waals surface area contributed by atoms with Crippen molar-refractivity contribution in [3.8, 4) is 11.4 Å². The minimum atomic E-state index is -0.403. The normalized spacial score (nSPS) is 18.9. The number of morpholine rings is 1. The van der Waals surface area contributed by atoms with E-state index in [1.165, 1.54) is 23.1 Å². The van der Waals surface area contributed by atoms with Gasteiger partial charge in [0.2, 0.25) is 5.91 Å². The van der Waals surface area contributed by atoms with Gasteiger partial charge in [-0.05, 0) is 42.7 Å². The number of ether oxygens (including phenoxy) is 3. The highest BCUT2D eigenvalue weighted by Gasteiger charge is 2.30. The molecular weight excluding hydrogens is 498 g/mol. The summed E-state index contributed by atoms with van der Waals surface area (Å²) in [6.07, 6.45) is 0.773. The molecule has 0 radical (unpaired) electrons. The van der Waals surface area contributed by atoms with E-state index in [9.17, 15) is 9.59 Å². The number of fused-ring (bicyclic) bond motifs is 3. The minimum Gasteiger partial charge on any atom is -0.497 e. The van der Waals surface area contributed by atoms with E-state index in [-0.39, 0.29) is 17.6 Å². The van der Waals surface area contributed by atoms with Gasteiger partial charge in [0.15, 0.2) is 5.16 Å². The first-order chi connectivity index (χ1) is 17.4. The van der Waals surface area contributed by atoms with Crippen molar-refractivity contribution >= 4 is 39.2 Å². The van der Waals surface area contributed by atoms with E-state index < -0.39 is 5.25 Å². The number of amides is 1. The molecule has 0 N–H and O–H groups in total. The predicted octanol–water partition coefficient (Wildman–Crippen LogP) is 3.89. The average Bonchev–Trinajstić information content (AvgIpc) is 3.26. The third-order valence-electron chi connectivity index (χ3n) is 6.74. The number of hydrogen-bond donors (Lipinski definition) is 0. The zero-order chi connectivity index (χ0) is 25.4. The molecule has 5 rings (SSSR count). The van der Waals surface area contributed by atoms with Gasteiger partial charge in [-0.15, -0.1) is 11.3 Å². The summed E-state index contributed by atoms with van der Waals surface area (Å²) in [6.45, 7) is 8.90. The van der Waals surface area contributed by atoms with Crippen LogP contribution in [0.2, 0.25) is 0 Å². The Bertz CT molecular complexity index is 1310. The average molecular weight is 530 g/mol. The second-order valence-electron chi connectivity index (χ2n) is 9.41. The van der Waals surface area contributed by atoms with Gasteiger partial charge >= 0.3 is 0 Å². The molecule has 0 unspecified atom stereocenters. The number of carbonyl (C=O) groups excluding carboxylic acids is 1. The Hall–Kier alpha value is -2.40. The lowest BCUT2D eigenvalue weighted by Crippen LogP contribution is -2.44. The lowest BCUT2D eigenvalue weighted by molar-refractivity contribution is -0.134. The largest absolute Gasteiger partial charge is 0.497 e. The van der Waals surface area contributed by atoms with Gasteiger partial charge in [-0.25, -0.2) is 4.98 Å². The van der Waals surface area contributed by atoms with Crippen molar-refractivity contribution in [3.63, 3.8) is 0 Å². The first kappa shape index (κ1) is 25.3. The highest BCUT2D eigenvalue weighted by atomic mass is 32.2. The van der Waals surface area contributed by atoms with Gasteiger partial charge in [-0.1, -0.05) is 25.6 Å². The van der Waals surface area contributed by atoms with Crippen molar-refractivity contribution < 1.29 is 19.0 Å². The minimum absolute atomic E-state index is 0.0255. The molecule has 4 heterocycles. The lowest BCUT2D eigenvalue weighted by Gasteiger charge is -2.29. The number of thioether (sulfide) groups is 1. The van der Waals surface area contributed by atoms with E-state index in [0.29, 0.717) is 72.1 Å². The number of hydrogen-bond acceptors (Lipinski definition) is 8.